The van der Waals surface area contributed by atoms with Crippen LogP contribution in [0.15, 0.2) is 48.5 Å². The molecule has 2 aromatic rings. The Balaban J connectivity index is 1.90. The minimum Gasteiger partial charge on any atom is -0.444 e. The molecule has 0 heterocycles. The number of rotatable bonds is 8. The van der Waals surface area contributed by atoms with Gasteiger partial charge in [-0.15, -0.1) is 0 Å². The molecule has 0 aliphatic carbocycles. The third kappa shape index (κ3) is 6.65. The summed E-state index contributed by atoms with van der Waals surface area (Å²) >= 11 is 0. The maximum atomic E-state index is 12.5. The fourth-order valence-electron chi connectivity index (χ4n) is 2.69. The van der Waals surface area contributed by atoms with Crippen LogP contribution in [0, 0.1) is 11.3 Å². The first-order chi connectivity index (χ1) is 13.9. The molecular weight excluding hydrogens is 366 g/mol. The van der Waals surface area contributed by atoms with Crippen LogP contribution in [0.4, 0.5) is 4.79 Å². The number of nitrogens with zero attached hydrogens (tertiary/aromatic N) is 1. The van der Waals surface area contributed by atoms with E-state index < -0.39 is 12.2 Å². The lowest BCUT2D eigenvalue weighted by Crippen LogP contribution is -2.43. The van der Waals surface area contributed by atoms with E-state index in [2.05, 4.69) is 41.8 Å². The molecule has 152 valence electrons. The predicted octanol–water partition coefficient (Wildman–Crippen LogP) is 4.06. The summed E-state index contributed by atoms with van der Waals surface area (Å²) in [6, 6.07) is 17.3. The van der Waals surface area contributed by atoms with Crippen LogP contribution in [0.5, 0.6) is 0 Å². The van der Waals surface area contributed by atoms with Gasteiger partial charge in [0.1, 0.15) is 6.10 Å². The lowest BCUT2D eigenvalue weighted by molar-refractivity contribution is 0.0751. The molecule has 0 radical (unpaired) electrons. The van der Waals surface area contributed by atoms with Crippen molar-refractivity contribution in [3.8, 4) is 17.2 Å². The van der Waals surface area contributed by atoms with E-state index in [0.717, 1.165) is 17.5 Å². The van der Waals surface area contributed by atoms with Crippen molar-refractivity contribution in [1.82, 2.24) is 10.6 Å². The number of alkyl carbamates (subject to hydrolysis) is 1. The monoisotopic (exact) mass is 393 g/mol. The number of benzene rings is 2. The van der Waals surface area contributed by atoms with Crippen molar-refractivity contribution in [2.45, 2.75) is 45.8 Å². The molecule has 0 spiro atoms. The molecule has 2 atom stereocenters. The van der Waals surface area contributed by atoms with E-state index in [4.69, 9.17) is 10.00 Å². The minimum absolute atomic E-state index is 0.217. The van der Waals surface area contributed by atoms with Gasteiger partial charge in [-0.3, -0.25) is 4.79 Å². The molecule has 29 heavy (non-hydrogen) atoms. The average molecular weight is 393 g/mol. The number of hydrogen-bond acceptors (Lipinski definition) is 4. The summed E-state index contributed by atoms with van der Waals surface area (Å²) in [5.74, 6) is -0.231. The van der Waals surface area contributed by atoms with Gasteiger partial charge in [-0.05, 0) is 49.1 Å². The molecule has 2 N–H and O–H groups in total. The first-order valence-corrected chi connectivity index (χ1v) is 9.76. The molecule has 0 saturated heterocycles. The molecular formula is C23H27N3O3. The number of carbonyl (C=O) groups excluding carboxylic acids is 2. The highest BCUT2D eigenvalue weighted by Crippen LogP contribution is 2.20. The fraction of sp³-hybridized carbons (Fsp3) is 0.348. The summed E-state index contributed by atoms with van der Waals surface area (Å²) in [6.45, 7) is 5.83. The average Bonchev–Trinajstić information content (AvgIpc) is 2.74. The minimum atomic E-state index is -0.604. The van der Waals surface area contributed by atoms with Crippen molar-refractivity contribution in [2.24, 2.45) is 0 Å². The lowest BCUT2D eigenvalue weighted by Gasteiger charge is -2.21. The molecule has 6 nitrogen and oxygen atoms in total. The van der Waals surface area contributed by atoms with Crippen LogP contribution in [0.2, 0.25) is 0 Å². The third-order valence-electron chi connectivity index (χ3n) is 4.70. The highest BCUT2D eigenvalue weighted by molar-refractivity contribution is 5.94. The Morgan fingerprint density at radius 3 is 2.17 bits per heavy atom. The quantitative estimate of drug-likeness (QED) is 0.662. The van der Waals surface area contributed by atoms with Crippen molar-refractivity contribution in [3.63, 3.8) is 0 Å². The number of ether oxygens (including phenoxy) is 1. The van der Waals surface area contributed by atoms with E-state index in [-0.39, 0.29) is 24.9 Å². The number of amides is 2. The number of nitriles is 1. The summed E-state index contributed by atoms with van der Waals surface area (Å²) in [6.07, 6.45) is 0.0973. The molecule has 2 rings (SSSR count). The van der Waals surface area contributed by atoms with Crippen molar-refractivity contribution in [3.05, 3.63) is 59.7 Å². The molecule has 2 aromatic carbocycles. The second kappa shape index (κ2) is 10.9. The van der Waals surface area contributed by atoms with Crippen LogP contribution in [0.25, 0.3) is 11.1 Å². The van der Waals surface area contributed by atoms with Gasteiger partial charge in [0.05, 0.1) is 18.5 Å². The Morgan fingerprint density at radius 2 is 1.62 bits per heavy atom. The summed E-state index contributed by atoms with van der Waals surface area (Å²) in [7, 11) is 0. The number of aryl methyl sites for hydroxylation is 1. The van der Waals surface area contributed by atoms with E-state index in [1.807, 2.05) is 18.2 Å². The summed E-state index contributed by atoms with van der Waals surface area (Å²) < 4.78 is 5.22. The van der Waals surface area contributed by atoms with E-state index in [9.17, 15) is 9.59 Å². The number of nitrogens with one attached hydrogen (secondary N) is 2. The Morgan fingerprint density at radius 1 is 1.03 bits per heavy atom. The van der Waals surface area contributed by atoms with E-state index in [0.29, 0.717) is 5.56 Å². The van der Waals surface area contributed by atoms with Crippen molar-refractivity contribution in [2.75, 3.05) is 6.54 Å². The molecule has 6 heteroatoms. The lowest BCUT2D eigenvalue weighted by atomic mass is 10.0. The van der Waals surface area contributed by atoms with Crippen LogP contribution in [-0.4, -0.2) is 30.7 Å². The molecule has 0 fully saturated rings. The normalized spacial score (nSPS) is 12.3. The fourth-order valence-corrected chi connectivity index (χ4v) is 2.69. The summed E-state index contributed by atoms with van der Waals surface area (Å²) in [5.41, 5.74) is 3.97. The first-order valence-electron chi connectivity index (χ1n) is 9.76. The van der Waals surface area contributed by atoms with Gasteiger partial charge in [0.2, 0.25) is 0 Å². The number of hydrogen-bond donors (Lipinski definition) is 2. The van der Waals surface area contributed by atoms with Crippen molar-refractivity contribution >= 4 is 12.0 Å². The van der Waals surface area contributed by atoms with E-state index in [1.54, 1.807) is 26.0 Å². The third-order valence-corrected chi connectivity index (χ3v) is 4.70. The largest absolute Gasteiger partial charge is 0.444 e. The topological polar surface area (TPSA) is 91.2 Å². The highest BCUT2D eigenvalue weighted by atomic mass is 16.6. The standard InChI is InChI=1S/C23H27N3O3/c1-4-18-6-8-19(9-7-18)20-10-12-21(13-11-20)22(27)26-16(2)17(3)29-23(28)25-15-5-14-24/h6-13,16-17H,4-5,15H2,1-3H3,(H,25,28)(H,26,27)/t16?,17-/m1/s1. The van der Waals surface area contributed by atoms with Gasteiger partial charge >= 0.3 is 6.09 Å². The molecule has 0 aliphatic heterocycles. The maximum absolute atomic E-state index is 12.5. The van der Waals surface area contributed by atoms with E-state index in [1.165, 1.54) is 5.56 Å². The maximum Gasteiger partial charge on any atom is 0.407 e. The Labute approximate surface area is 171 Å². The molecule has 1 unspecified atom stereocenters. The number of carbonyl (C=O) groups is 2. The molecule has 0 bridgehead atoms. The van der Waals surface area contributed by atoms with Crippen molar-refractivity contribution < 1.29 is 14.3 Å². The van der Waals surface area contributed by atoms with Crippen molar-refractivity contribution in [1.29, 1.82) is 5.26 Å². The molecule has 0 aromatic heterocycles. The Bertz CT molecular complexity index is 854. The smallest absolute Gasteiger partial charge is 0.407 e. The Hall–Kier alpha value is -3.33. The second-order valence-electron chi connectivity index (χ2n) is 6.84. The van der Waals surface area contributed by atoms with Gasteiger partial charge in [0.15, 0.2) is 0 Å². The SMILES string of the molecule is CCc1ccc(-c2ccc(C(=O)NC(C)[C@@H](C)OC(=O)NCCC#N)cc2)cc1. The summed E-state index contributed by atoms with van der Waals surface area (Å²) in [4.78, 5) is 24.1. The molecule has 0 saturated carbocycles. The van der Waals surface area contributed by atoms with Crippen LogP contribution in [0.1, 0.15) is 43.1 Å². The van der Waals surface area contributed by atoms with Gasteiger partial charge in [-0.1, -0.05) is 43.3 Å². The van der Waals surface area contributed by atoms with Crippen LogP contribution < -0.4 is 10.6 Å². The van der Waals surface area contributed by atoms with Crippen LogP contribution in [0.3, 0.4) is 0 Å². The van der Waals surface area contributed by atoms with Gasteiger partial charge < -0.3 is 15.4 Å². The first kappa shape index (κ1) is 22.0. The second-order valence-corrected chi connectivity index (χ2v) is 6.84. The van der Waals surface area contributed by atoms with Gasteiger partial charge in [-0.25, -0.2) is 4.79 Å². The van der Waals surface area contributed by atoms with Gasteiger partial charge in [0.25, 0.3) is 5.91 Å². The Kier molecular flexibility index (Phi) is 8.23. The zero-order valence-electron chi connectivity index (χ0n) is 17.1. The highest BCUT2D eigenvalue weighted by Gasteiger charge is 2.19. The predicted molar refractivity (Wildman–Crippen MR) is 112 cm³/mol. The zero-order valence-corrected chi connectivity index (χ0v) is 17.1. The van der Waals surface area contributed by atoms with E-state index >= 15 is 0 Å². The van der Waals surface area contributed by atoms with Gasteiger partial charge in [-0.2, -0.15) is 5.26 Å². The molecule has 0 aliphatic rings. The molecule has 2 amide bonds. The van der Waals surface area contributed by atoms with Crippen LogP contribution in [-0.2, 0) is 11.2 Å². The van der Waals surface area contributed by atoms with Crippen LogP contribution >= 0.6 is 0 Å². The zero-order chi connectivity index (χ0) is 21.2. The summed E-state index contributed by atoms with van der Waals surface area (Å²) in [5, 5.41) is 13.8. The van der Waals surface area contributed by atoms with Gasteiger partial charge in [0, 0.05) is 12.1 Å².